The van der Waals surface area contributed by atoms with Gasteiger partial charge in [0, 0.05) is 18.2 Å². The summed E-state index contributed by atoms with van der Waals surface area (Å²) in [5, 5.41) is 0. The SMILES string of the molecule is CC[C@H](C)N(Cc1cccc(OS(C)(=O)=O)c1)C(=O)c1cccc(F)c1. The van der Waals surface area contributed by atoms with Crippen LogP contribution >= 0.6 is 0 Å². The van der Waals surface area contributed by atoms with Gasteiger partial charge in [-0.2, -0.15) is 8.42 Å². The van der Waals surface area contributed by atoms with Gasteiger partial charge in [0.25, 0.3) is 5.91 Å². The monoisotopic (exact) mass is 379 g/mol. The van der Waals surface area contributed by atoms with E-state index in [1.54, 1.807) is 29.2 Å². The molecule has 0 N–H and O–H groups in total. The molecule has 2 rings (SSSR count). The first-order chi connectivity index (χ1) is 12.2. The smallest absolute Gasteiger partial charge is 0.306 e. The Morgan fingerprint density at radius 2 is 1.88 bits per heavy atom. The summed E-state index contributed by atoms with van der Waals surface area (Å²) in [6.45, 7) is 4.12. The molecule has 0 aliphatic heterocycles. The van der Waals surface area contributed by atoms with Gasteiger partial charge < -0.3 is 9.08 Å². The highest BCUT2D eigenvalue weighted by atomic mass is 32.2. The van der Waals surface area contributed by atoms with Crippen LogP contribution in [0, 0.1) is 5.82 Å². The molecule has 0 spiro atoms. The van der Waals surface area contributed by atoms with Crippen LogP contribution in [0.15, 0.2) is 48.5 Å². The van der Waals surface area contributed by atoms with Gasteiger partial charge in [0.15, 0.2) is 0 Å². The first kappa shape index (κ1) is 19.9. The van der Waals surface area contributed by atoms with Gasteiger partial charge in [-0.1, -0.05) is 25.1 Å². The van der Waals surface area contributed by atoms with Crippen molar-refractivity contribution in [1.29, 1.82) is 0 Å². The molecule has 0 bridgehead atoms. The van der Waals surface area contributed by atoms with E-state index < -0.39 is 15.9 Å². The molecule has 2 aromatic rings. The molecule has 0 aliphatic carbocycles. The third-order valence-electron chi connectivity index (χ3n) is 3.95. The van der Waals surface area contributed by atoms with Crippen molar-refractivity contribution >= 4 is 16.0 Å². The van der Waals surface area contributed by atoms with E-state index in [0.29, 0.717) is 0 Å². The molecule has 1 amide bonds. The number of halogens is 1. The molecular formula is C19H22FNO4S. The molecule has 1 atom stereocenters. The molecule has 0 aromatic heterocycles. The molecule has 5 nitrogen and oxygen atoms in total. The number of hydrogen-bond acceptors (Lipinski definition) is 4. The van der Waals surface area contributed by atoms with E-state index in [2.05, 4.69) is 0 Å². The van der Waals surface area contributed by atoms with Gasteiger partial charge in [-0.05, 0) is 49.2 Å². The van der Waals surface area contributed by atoms with Crippen LogP contribution in [0.2, 0.25) is 0 Å². The third-order valence-corrected chi connectivity index (χ3v) is 4.45. The van der Waals surface area contributed by atoms with Crippen molar-refractivity contribution in [1.82, 2.24) is 4.90 Å². The van der Waals surface area contributed by atoms with Crippen LogP contribution < -0.4 is 4.18 Å². The quantitative estimate of drug-likeness (QED) is 0.690. The van der Waals surface area contributed by atoms with E-state index in [-0.39, 0.29) is 29.8 Å². The maximum Gasteiger partial charge on any atom is 0.306 e. The summed E-state index contributed by atoms with van der Waals surface area (Å²) in [5.41, 5.74) is 0.991. The normalized spacial score (nSPS) is 12.5. The molecule has 26 heavy (non-hydrogen) atoms. The average Bonchev–Trinajstić information content (AvgIpc) is 2.57. The second-order valence-corrected chi connectivity index (χ2v) is 7.71. The van der Waals surface area contributed by atoms with E-state index in [1.165, 1.54) is 24.3 Å². The van der Waals surface area contributed by atoms with E-state index in [1.807, 2.05) is 13.8 Å². The summed E-state index contributed by atoms with van der Waals surface area (Å²) >= 11 is 0. The molecule has 0 saturated heterocycles. The zero-order chi connectivity index (χ0) is 19.3. The number of rotatable bonds is 7. The Balaban J connectivity index is 2.28. The van der Waals surface area contributed by atoms with Crippen LogP contribution in [0.1, 0.15) is 36.2 Å². The van der Waals surface area contributed by atoms with Crippen LogP contribution in [0.3, 0.4) is 0 Å². The second-order valence-electron chi connectivity index (χ2n) is 6.14. The summed E-state index contributed by atoms with van der Waals surface area (Å²) in [5.74, 6) is -0.566. The van der Waals surface area contributed by atoms with Crippen molar-refractivity contribution in [3.05, 3.63) is 65.5 Å². The molecular weight excluding hydrogens is 357 g/mol. The fraction of sp³-hybridized carbons (Fsp3) is 0.316. The molecule has 0 unspecified atom stereocenters. The van der Waals surface area contributed by atoms with Crippen molar-refractivity contribution in [2.75, 3.05) is 6.26 Å². The standard InChI is InChI=1S/C19H22FNO4S/c1-4-14(2)21(19(22)16-8-6-9-17(20)12-16)13-15-7-5-10-18(11-15)25-26(3,23)24/h5-12,14H,4,13H2,1-3H3/t14-/m0/s1. The number of benzene rings is 2. The molecule has 0 heterocycles. The molecule has 2 aromatic carbocycles. The minimum absolute atomic E-state index is 0.0785. The summed E-state index contributed by atoms with van der Waals surface area (Å²) in [4.78, 5) is 14.5. The fourth-order valence-corrected chi connectivity index (χ4v) is 2.96. The highest BCUT2D eigenvalue weighted by Crippen LogP contribution is 2.20. The molecule has 0 saturated carbocycles. The van der Waals surface area contributed by atoms with Gasteiger partial charge in [0.2, 0.25) is 0 Å². The van der Waals surface area contributed by atoms with Crippen molar-refractivity contribution in [3.63, 3.8) is 0 Å². The molecule has 0 aliphatic rings. The van der Waals surface area contributed by atoms with Gasteiger partial charge in [-0.3, -0.25) is 4.79 Å². The molecule has 0 radical (unpaired) electrons. The molecule has 0 fully saturated rings. The van der Waals surface area contributed by atoms with E-state index >= 15 is 0 Å². The lowest BCUT2D eigenvalue weighted by molar-refractivity contribution is 0.0671. The average molecular weight is 379 g/mol. The van der Waals surface area contributed by atoms with Crippen molar-refractivity contribution in [3.8, 4) is 5.75 Å². The van der Waals surface area contributed by atoms with E-state index in [0.717, 1.165) is 18.2 Å². The van der Waals surface area contributed by atoms with E-state index in [9.17, 15) is 17.6 Å². The van der Waals surface area contributed by atoms with E-state index in [4.69, 9.17) is 4.18 Å². The lowest BCUT2D eigenvalue weighted by Crippen LogP contribution is -2.37. The van der Waals surface area contributed by atoms with Crippen LogP contribution in [-0.2, 0) is 16.7 Å². The first-order valence-electron chi connectivity index (χ1n) is 8.24. The maximum absolute atomic E-state index is 13.5. The lowest BCUT2D eigenvalue weighted by Gasteiger charge is -2.29. The largest absolute Gasteiger partial charge is 0.383 e. The van der Waals surface area contributed by atoms with Crippen LogP contribution in [0.4, 0.5) is 4.39 Å². The number of nitrogens with zero attached hydrogens (tertiary/aromatic N) is 1. The van der Waals surface area contributed by atoms with Crippen molar-refractivity contribution in [2.45, 2.75) is 32.9 Å². The number of carbonyl (C=O) groups is 1. The summed E-state index contributed by atoms with van der Waals surface area (Å²) < 4.78 is 40.9. The Morgan fingerprint density at radius 3 is 2.50 bits per heavy atom. The van der Waals surface area contributed by atoms with Crippen LogP contribution in [0.25, 0.3) is 0 Å². The summed E-state index contributed by atoms with van der Waals surface area (Å²) in [6.07, 6.45) is 1.69. The topological polar surface area (TPSA) is 63.7 Å². The zero-order valence-electron chi connectivity index (χ0n) is 15.0. The third kappa shape index (κ3) is 5.56. The fourth-order valence-electron chi connectivity index (χ4n) is 2.50. The number of amides is 1. The van der Waals surface area contributed by atoms with Crippen molar-refractivity contribution < 1.29 is 21.8 Å². The Hall–Kier alpha value is -2.41. The minimum Gasteiger partial charge on any atom is -0.383 e. The van der Waals surface area contributed by atoms with Gasteiger partial charge in [0.1, 0.15) is 11.6 Å². The highest BCUT2D eigenvalue weighted by Gasteiger charge is 2.21. The maximum atomic E-state index is 13.5. The van der Waals surface area contributed by atoms with Gasteiger partial charge in [-0.25, -0.2) is 4.39 Å². The number of carbonyl (C=O) groups excluding carboxylic acids is 1. The van der Waals surface area contributed by atoms with Crippen LogP contribution in [-0.4, -0.2) is 31.5 Å². The zero-order valence-corrected chi connectivity index (χ0v) is 15.8. The highest BCUT2D eigenvalue weighted by molar-refractivity contribution is 7.86. The summed E-state index contributed by atoms with van der Waals surface area (Å²) in [7, 11) is -3.63. The predicted molar refractivity (Wildman–Crippen MR) is 97.9 cm³/mol. The Labute approximate surface area is 153 Å². The van der Waals surface area contributed by atoms with Gasteiger partial charge in [0.05, 0.1) is 6.26 Å². The lowest BCUT2D eigenvalue weighted by atomic mass is 10.1. The predicted octanol–water partition coefficient (Wildman–Crippen LogP) is 3.61. The Bertz CT molecular complexity index is 883. The Morgan fingerprint density at radius 1 is 1.19 bits per heavy atom. The number of hydrogen-bond donors (Lipinski definition) is 0. The van der Waals surface area contributed by atoms with Crippen LogP contribution in [0.5, 0.6) is 5.75 Å². The van der Waals surface area contributed by atoms with Crippen molar-refractivity contribution in [2.24, 2.45) is 0 Å². The molecule has 7 heteroatoms. The Kier molecular flexibility index (Phi) is 6.37. The second kappa shape index (κ2) is 8.31. The van der Waals surface area contributed by atoms with Gasteiger partial charge >= 0.3 is 10.1 Å². The van der Waals surface area contributed by atoms with Gasteiger partial charge in [-0.15, -0.1) is 0 Å². The molecule has 140 valence electrons. The first-order valence-corrected chi connectivity index (χ1v) is 10.1. The summed E-state index contributed by atoms with van der Waals surface area (Å²) in [6, 6.07) is 12.0. The minimum atomic E-state index is -3.63.